The van der Waals surface area contributed by atoms with Crippen molar-refractivity contribution in [1.29, 1.82) is 0 Å². The quantitative estimate of drug-likeness (QED) is 0.478. The molecule has 1 atom stereocenters. The zero-order valence-electron chi connectivity index (χ0n) is 16.9. The van der Waals surface area contributed by atoms with E-state index in [0.29, 0.717) is 26.6 Å². The molecule has 162 valence electrons. The van der Waals surface area contributed by atoms with Crippen LogP contribution in [-0.4, -0.2) is 32.3 Å². The van der Waals surface area contributed by atoms with Gasteiger partial charge >= 0.3 is 0 Å². The van der Waals surface area contributed by atoms with E-state index in [-0.39, 0.29) is 30.2 Å². The van der Waals surface area contributed by atoms with Gasteiger partial charge in [0.25, 0.3) is 5.91 Å². The molecule has 0 aliphatic carbocycles. The number of amides is 2. The number of benzene rings is 2. The SMILES string of the molecule is C[C@@H](NC(=O)CSc1nnc(CNC(=O)c2ccc(Cl)c(Cl)c2)n1C)c1ccccc1. The van der Waals surface area contributed by atoms with Gasteiger partial charge in [-0.3, -0.25) is 9.59 Å². The van der Waals surface area contributed by atoms with Gasteiger partial charge in [0.05, 0.1) is 28.4 Å². The third kappa shape index (κ3) is 6.22. The highest BCUT2D eigenvalue weighted by Crippen LogP contribution is 2.22. The Morgan fingerprint density at radius 2 is 1.84 bits per heavy atom. The molecule has 0 unspecified atom stereocenters. The molecule has 0 saturated heterocycles. The number of nitrogens with zero attached hydrogens (tertiary/aromatic N) is 3. The van der Waals surface area contributed by atoms with Crippen LogP contribution in [0.15, 0.2) is 53.7 Å². The Labute approximate surface area is 194 Å². The fourth-order valence-electron chi connectivity index (χ4n) is 2.76. The minimum absolute atomic E-state index is 0.0825. The fraction of sp³-hybridized carbons (Fsp3) is 0.238. The Kier molecular flexibility index (Phi) is 7.95. The maximum absolute atomic E-state index is 12.3. The summed E-state index contributed by atoms with van der Waals surface area (Å²) in [6.07, 6.45) is 0. The molecular weight excluding hydrogens is 457 g/mol. The summed E-state index contributed by atoms with van der Waals surface area (Å²) in [6.45, 7) is 2.12. The number of nitrogens with one attached hydrogen (secondary N) is 2. The Morgan fingerprint density at radius 1 is 1.10 bits per heavy atom. The number of aromatic nitrogens is 3. The highest BCUT2D eigenvalue weighted by Gasteiger charge is 2.15. The van der Waals surface area contributed by atoms with Gasteiger partial charge in [0.2, 0.25) is 5.91 Å². The first kappa shape index (κ1) is 23.1. The van der Waals surface area contributed by atoms with Crippen LogP contribution in [0.5, 0.6) is 0 Å². The molecule has 0 fully saturated rings. The summed E-state index contributed by atoms with van der Waals surface area (Å²) in [5, 5.41) is 15.2. The van der Waals surface area contributed by atoms with Crippen LogP contribution in [0.1, 0.15) is 34.7 Å². The summed E-state index contributed by atoms with van der Waals surface area (Å²) < 4.78 is 1.74. The van der Waals surface area contributed by atoms with E-state index in [1.165, 1.54) is 17.8 Å². The molecule has 0 aliphatic heterocycles. The molecule has 1 heterocycles. The Bertz CT molecular complexity index is 1070. The lowest BCUT2D eigenvalue weighted by molar-refractivity contribution is -0.119. The van der Waals surface area contributed by atoms with Crippen LogP contribution in [0.2, 0.25) is 10.0 Å². The molecule has 7 nitrogen and oxygen atoms in total. The lowest BCUT2D eigenvalue weighted by Crippen LogP contribution is -2.28. The largest absolute Gasteiger partial charge is 0.349 e. The van der Waals surface area contributed by atoms with Crippen molar-refractivity contribution in [2.75, 3.05) is 5.75 Å². The van der Waals surface area contributed by atoms with Gasteiger partial charge in [0, 0.05) is 12.6 Å². The number of thioether (sulfide) groups is 1. The van der Waals surface area contributed by atoms with Gasteiger partial charge in [-0.15, -0.1) is 10.2 Å². The third-order valence-electron chi connectivity index (χ3n) is 4.52. The predicted octanol–water partition coefficient (Wildman–Crippen LogP) is 4.02. The van der Waals surface area contributed by atoms with E-state index in [2.05, 4.69) is 20.8 Å². The molecular formula is C21H21Cl2N5O2S. The number of rotatable bonds is 8. The van der Waals surface area contributed by atoms with Gasteiger partial charge < -0.3 is 15.2 Å². The molecule has 2 amide bonds. The van der Waals surface area contributed by atoms with E-state index in [0.717, 1.165) is 5.56 Å². The molecule has 10 heteroatoms. The first-order valence-electron chi connectivity index (χ1n) is 9.43. The maximum atomic E-state index is 12.3. The highest BCUT2D eigenvalue weighted by molar-refractivity contribution is 7.99. The maximum Gasteiger partial charge on any atom is 0.251 e. The van der Waals surface area contributed by atoms with Gasteiger partial charge in [-0.1, -0.05) is 65.3 Å². The van der Waals surface area contributed by atoms with Crippen molar-refractivity contribution in [2.45, 2.75) is 24.7 Å². The number of carbonyl (C=O) groups excluding carboxylic acids is 2. The van der Waals surface area contributed by atoms with Crippen molar-refractivity contribution in [1.82, 2.24) is 25.4 Å². The summed E-state index contributed by atoms with van der Waals surface area (Å²) in [5.41, 5.74) is 1.44. The molecule has 31 heavy (non-hydrogen) atoms. The number of hydrogen-bond donors (Lipinski definition) is 2. The molecule has 3 rings (SSSR count). The van der Waals surface area contributed by atoms with Crippen LogP contribution in [0, 0.1) is 0 Å². The van der Waals surface area contributed by atoms with Gasteiger partial charge in [-0.25, -0.2) is 0 Å². The van der Waals surface area contributed by atoms with Crippen molar-refractivity contribution >= 4 is 46.8 Å². The van der Waals surface area contributed by atoms with Crippen molar-refractivity contribution in [3.8, 4) is 0 Å². The first-order valence-corrected chi connectivity index (χ1v) is 11.2. The monoisotopic (exact) mass is 477 g/mol. The molecule has 3 aromatic rings. The fourth-order valence-corrected chi connectivity index (χ4v) is 3.80. The van der Waals surface area contributed by atoms with Crippen molar-refractivity contribution in [3.63, 3.8) is 0 Å². The topological polar surface area (TPSA) is 88.9 Å². The molecule has 2 aromatic carbocycles. The normalized spacial score (nSPS) is 11.7. The Hall–Kier alpha value is -2.55. The standard InChI is InChI=1S/C21H21Cl2N5O2S/c1-13(14-6-4-3-5-7-14)25-19(29)12-31-21-27-26-18(28(21)2)11-24-20(30)15-8-9-16(22)17(23)10-15/h3-10,13H,11-12H2,1-2H3,(H,24,30)(H,25,29)/t13-/m1/s1. The van der Waals surface area contributed by atoms with Crippen LogP contribution in [0.3, 0.4) is 0 Å². The van der Waals surface area contributed by atoms with Crippen molar-refractivity contribution in [3.05, 3.63) is 75.5 Å². The van der Waals surface area contributed by atoms with E-state index in [4.69, 9.17) is 23.2 Å². The molecule has 1 aromatic heterocycles. The van der Waals surface area contributed by atoms with Gasteiger partial charge in [0.1, 0.15) is 0 Å². The van der Waals surface area contributed by atoms with Crippen molar-refractivity contribution < 1.29 is 9.59 Å². The second-order valence-electron chi connectivity index (χ2n) is 6.76. The van der Waals surface area contributed by atoms with Crippen LogP contribution in [0.4, 0.5) is 0 Å². The summed E-state index contributed by atoms with van der Waals surface area (Å²) >= 11 is 13.1. The van der Waals surface area contributed by atoms with Crippen LogP contribution >= 0.6 is 35.0 Å². The smallest absolute Gasteiger partial charge is 0.251 e. The van der Waals surface area contributed by atoms with E-state index in [1.54, 1.807) is 23.7 Å². The Balaban J connectivity index is 1.51. The zero-order chi connectivity index (χ0) is 22.4. The molecule has 0 bridgehead atoms. The number of hydrogen-bond acceptors (Lipinski definition) is 5. The van der Waals surface area contributed by atoms with Crippen LogP contribution in [-0.2, 0) is 18.4 Å². The Morgan fingerprint density at radius 3 is 2.55 bits per heavy atom. The minimum atomic E-state index is -0.301. The predicted molar refractivity (Wildman–Crippen MR) is 122 cm³/mol. The molecule has 0 aliphatic rings. The van der Waals surface area contributed by atoms with E-state index >= 15 is 0 Å². The summed E-state index contributed by atoms with van der Waals surface area (Å²) in [7, 11) is 1.79. The van der Waals surface area contributed by atoms with E-state index in [9.17, 15) is 9.59 Å². The average molecular weight is 478 g/mol. The zero-order valence-corrected chi connectivity index (χ0v) is 19.3. The average Bonchev–Trinajstić information content (AvgIpc) is 3.12. The van der Waals surface area contributed by atoms with Gasteiger partial charge in [-0.05, 0) is 30.7 Å². The lowest BCUT2D eigenvalue weighted by atomic mass is 10.1. The van der Waals surface area contributed by atoms with Gasteiger partial charge in [0.15, 0.2) is 11.0 Å². The summed E-state index contributed by atoms with van der Waals surface area (Å²) in [4.78, 5) is 24.6. The van der Waals surface area contributed by atoms with E-state index in [1.807, 2.05) is 37.3 Å². The highest BCUT2D eigenvalue weighted by atomic mass is 35.5. The molecule has 2 N–H and O–H groups in total. The van der Waals surface area contributed by atoms with Crippen molar-refractivity contribution in [2.24, 2.45) is 7.05 Å². The molecule has 0 saturated carbocycles. The first-order chi connectivity index (χ1) is 14.8. The lowest BCUT2D eigenvalue weighted by Gasteiger charge is -2.14. The molecule has 0 radical (unpaired) electrons. The third-order valence-corrected chi connectivity index (χ3v) is 6.28. The molecule has 0 spiro atoms. The van der Waals surface area contributed by atoms with Crippen LogP contribution in [0.25, 0.3) is 0 Å². The number of halogens is 2. The minimum Gasteiger partial charge on any atom is -0.349 e. The van der Waals surface area contributed by atoms with Gasteiger partial charge in [-0.2, -0.15) is 0 Å². The second-order valence-corrected chi connectivity index (χ2v) is 8.51. The number of carbonyl (C=O) groups is 2. The second kappa shape index (κ2) is 10.7. The summed E-state index contributed by atoms with van der Waals surface area (Å²) in [6, 6.07) is 14.3. The van der Waals surface area contributed by atoms with Crippen LogP contribution < -0.4 is 10.6 Å². The summed E-state index contributed by atoms with van der Waals surface area (Å²) in [5.74, 6) is 0.372. The van der Waals surface area contributed by atoms with E-state index < -0.39 is 0 Å².